The van der Waals surface area contributed by atoms with Crippen LogP contribution in [0.2, 0.25) is 0 Å². The predicted molar refractivity (Wildman–Crippen MR) is 71.9 cm³/mol. The maximum Gasteiger partial charge on any atom is 0.311 e. The molecule has 2 N–H and O–H groups in total. The summed E-state index contributed by atoms with van der Waals surface area (Å²) in [5, 5.41) is 17.1. The molecular formula is C10H16N4O2S. The molecule has 0 fully saturated rings. The molecule has 1 aromatic rings. The van der Waals surface area contributed by atoms with Gasteiger partial charge in [0.1, 0.15) is 5.82 Å². The minimum Gasteiger partial charge on any atom is -0.373 e. The summed E-state index contributed by atoms with van der Waals surface area (Å²) in [6.45, 7) is 2.69. The van der Waals surface area contributed by atoms with Gasteiger partial charge in [-0.05, 0) is 12.3 Å². The largest absolute Gasteiger partial charge is 0.373 e. The molecule has 0 aliphatic rings. The number of hydrogen-bond acceptors (Lipinski definition) is 6. The molecular weight excluding hydrogens is 240 g/mol. The van der Waals surface area contributed by atoms with E-state index in [9.17, 15) is 10.1 Å². The number of nitrogens with one attached hydrogen (secondary N) is 2. The van der Waals surface area contributed by atoms with Crippen LogP contribution in [0.15, 0.2) is 12.1 Å². The highest BCUT2D eigenvalue weighted by atomic mass is 32.2. The summed E-state index contributed by atoms with van der Waals surface area (Å²) >= 11 is 1.69. The van der Waals surface area contributed by atoms with E-state index >= 15 is 0 Å². The second-order valence-corrected chi connectivity index (χ2v) is 4.77. The van der Waals surface area contributed by atoms with Crippen molar-refractivity contribution in [3.8, 4) is 0 Å². The van der Waals surface area contributed by atoms with Crippen LogP contribution in [0.25, 0.3) is 0 Å². The van der Waals surface area contributed by atoms with Crippen LogP contribution in [0.4, 0.5) is 17.3 Å². The number of nitro groups is 1. The summed E-state index contributed by atoms with van der Waals surface area (Å²) in [5.41, 5.74) is -0.00250. The highest BCUT2D eigenvalue weighted by molar-refractivity contribution is 7.99. The summed E-state index contributed by atoms with van der Waals surface area (Å²) < 4.78 is 0. The summed E-state index contributed by atoms with van der Waals surface area (Å²) in [7, 11) is 1.72. The van der Waals surface area contributed by atoms with Crippen molar-refractivity contribution in [2.24, 2.45) is 0 Å². The molecule has 1 atom stereocenters. The lowest BCUT2D eigenvalue weighted by molar-refractivity contribution is -0.384. The average Bonchev–Trinajstić information content (AvgIpc) is 2.35. The minimum atomic E-state index is -0.432. The molecule has 1 aromatic heterocycles. The zero-order valence-corrected chi connectivity index (χ0v) is 10.9. The van der Waals surface area contributed by atoms with Gasteiger partial charge in [0.25, 0.3) is 0 Å². The number of pyridine rings is 1. The van der Waals surface area contributed by atoms with E-state index in [-0.39, 0.29) is 5.69 Å². The van der Waals surface area contributed by atoms with Gasteiger partial charge >= 0.3 is 5.69 Å². The first-order valence-corrected chi connectivity index (χ1v) is 6.47. The fraction of sp³-hybridized carbons (Fsp3) is 0.500. The van der Waals surface area contributed by atoms with Crippen molar-refractivity contribution in [2.45, 2.75) is 12.2 Å². The molecule has 0 saturated carbocycles. The van der Waals surface area contributed by atoms with E-state index in [0.717, 1.165) is 0 Å². The Bertz CT molecular complexity index is 400. The van der Waals surface area contributed by atoms with Gasteiger partial charge in [0.05, 0.1) is 4.92 Å². The molecule has 0 amide bonds. The highest BCUT2D eigenvalue weighted by Crippen LogP contribution is 2.24. The van der Waals surface area contributed by atoms with Gasteiger partial charge in [-0.15, -0.1) is 0 Å². The summed E-state index contributed by atoms with van der Waals surface area (Å²) in [4.78, 5) is 14.5. The lowest BCUT2D eigenvalue weighted by atomic mass is 10.3. The van der Waals surface area contributed by atoms with Crippen molar-refractivity contribution in [1.82, 2.24) is 4.98 Å². The third-order valence-electron chi connectivity index (χ3n) is 2.29. The SMILES string of the molecule is CNc1ccc([N+](=O)[O-])c(NCC(C)SC)n1. The second kappa shape index (κ2) is 6.29. The molecule has 0 bridgehead atoms. The molecule has 0 aromatic carbocycles. The van der Waals surface area contributed by atoms with E-state index < -0.39 is 4.92 Å². The monoisotopic (exact) mass is 256 g/mol. The second-order valence-electron chi connectivity index (χ2n) is 3.50. The molecule has 6 nitrogen and oxygen atoms in total. The number of rotatable bonds is 6. The van der Waals surface area contributed by atoms with Crippen molar-refractivity contribution in [3.63, 3.8) is 0 Å². The molecule has 0 aliphatic carbocycles. The van der Waals surface area contributed by atoms with Crippen LogP contribution in [0.5, 0.6) is 0 Å². The summed E-state index contributed by atoms with van der Waals surface area (Å²) in [6.07, 6.45) is 2.00. The molecule has 0 aliphatic heterocycles. The quantitative estimate of drug-likeness (QED) is 0.600. The molecule has 1 heterocycles. The minimum absolute atomic E-state index is 0.00250. The lowest BCUT2D eigenvalue weighted by Crippen LogP contribution is -2.15. The standard InChI is InChI=1S/C10H16N4O2S/c1-7(17-3)6-12-10-8(14(15)16)4-5-9(11-2)13-10/h4-5,7H,6H2,1-3H3,(H2,11,12,13). The lowest BCUT2D eigenvalue weighted by Gasteiger charge is -2.11. The van der Waals surface area contributed by atoms with Gasteiger partial charge < -0.3 is 10.6 Å². The maximum absolute atomic E-state index is 10.8. The van der Waals surface area contributed by atoms with Gasteiger partial charge in [0.15, 0.2) is 0 Å². The van der Waals surface area contributed by atoms with Crippen molar-refractivity contribution < 1.29 is 4.92 Å². The van der Waals surface area contributed by atoms with Gasteiger partial charge in [-0.25, -0.2) is 4.98 Å². The Morgan fingerprint density at radius 3 is 2.82 bits per heavy atom. The maximum atomic E-state index is 10.8. The molecule has 0 saturated heterocycles. The van der Waals surface area contributed by atoms with Crippen LogP contribution in [-0.2, 0) is 0 Å². The Hall–Kier alpha value is -1.50. The molecule has 1 rings (SSSR count). The van der Waals surface area contributed by atoms with Crippen molar-refractivity contribution in [1.29, 1.82) is 0 Å². The first kappa shape index (κ1) is 13.6. The van der Waals surface area contributed by atoms with Gasteiger partial charge in [-0.3, -0.25) is 10.1 Å². The topological polar surface area (TPSA) is 80.1 Å². The Balaban J connectivity index is 2.89. The number of nitrogens with zero attached hydrogens (tertiary/aromatic N) is 2. The number of hydrogen-bond donors (Lipinski definition) is 2. The molecule has 0 spiro atoms. The third kappa shape index (κ3) is 3.77. The Labute approximate surface area is 104 Å². The van der Waals surface area contributed by atoms with E-state index in [1.165, 1.54) is 6.07 Å². The van der Waals surface area contributed by atoms with Gasteiger partial charge in [0.2, 0.25) is 5.82 Å². The number of thioether (sulfide) groups is 1. The average molecular weight is 256 g/mol. The van der Waals surface area contributed by atoms with Crippen LogP contribution >= 0.6 is 11.8 Å². The highest BCUT2D eigenvalue weighted by Gasteiger charge is 2.16. The van der Waals surface area contributed by atoms with Gasteiger partial charge in [0, 0.05) is 24.9 Å². The Morgan fingerprint density at radius 1 is 1.59 bits per heavy atom. The van der Waals surface area contributed by atoms with Crippen molar-refractivity contribution in [2.75, 3.05) is 30.5 Å². The fourth-order valence-corrected chi connectivity index (χ4v) is 1.44. The van der Waals surface area contributed by atoms with E-state index in [0.29, 0.717) is 23.4 Å². The summed E-state index contributed by atoms with van der Waals surface area (Å²) in [6, 6.07) is 3.03. The molecule has 0 radical (unpaired) electrons. The third-order valence-corrected chi connectivity index (χ3v) is 3.26. The van der Waals surface area contributed by atoms with Gasteiger partial charge in [-0.2, -0.15) is 11.8 Å². The first-order chi connectivity index (χ1) is 8.08. The van der Waals surface area contributed by atoms with E-state index in [2.05, 4.69) is 15.6 Å². The number of aromatic nitrogens is 1. The number of anilines is 2. The van der Waals surface area contributed by atoms with E-state index in [1.807, 2.05) is 13.2 Å². The molecule has 7 heteroatoms. The zero-order chi connectivity index (χ0) is 12.8. The predicted octanol–water partition coefficient (Wildman–Crippen LogP) is 2.19. The smallest absolute Gasteiger partial charge is 0.311 e. The van der Waals surface area contributed by atoms with Crippen molar-refractivity contribution in [3.05, 3.63) is 22.2 Å². The zero-order valence-electron chi connectivity index (χ0n) is 10.1. The van der Waals surface area contributed by atoms with Crippen molar-refractivity contribution >= 4 is 29.1 Å². The first-order valence-electron chi connectivity index (χ1n) is 5.18. The van der Waals surface area contributed by atoms with Crippen LogP contribution in [0, 0.1) is 10.1 Å². The Kier molecular flexibility index (Phi) is 5.02. The summed E-state index contributed by atoms with van der Waals surface area (Å²) in [5.74, 6) is 0.914. The van der Waals surface area contributed by atoms with Gasteiger partial charge in [-0.1, -0.05) is 6.92 Å². The van der Waals surface area contributed by atoms with Crippen LogP contribution in [-0.4, -0.2) is 35.0 Å². The van der Waals surface area contributed by atoms with E-state index in [1.54, 1.807) is 24.9 Å². The molecule has 17 heavy (non-hydrogen) atoms. The van der Waals surface area contributed by atoms with Crippen LogP contribution < -0.4 is 10.6 Å². The fourth-order valence-electron chi connectivity index (χ4n) is 1.19. The molecule has 1 unspecified atom stereocenters. The van der Waals surface area contributed by atoms with Crippen LogP contribution in [0.3, 0.4) is 0 Å². The normalized spacial score (nSPS) is 11.9. The van der Waals surface area contributed by atoms with Crippen LogP contribution in [0.1, 0.15) is 6.92 Å². The molecule has 94 valence electrons. The Morgan fingerprint density at radius 2 is 2.29 bits per heavy atom. The van der Waals surface area contributed by atoms with E-state index in [4.69, 9.17) is 0 Å².